The number of hydrogen-bond donors (Lipinski definition) is 1. The van der Waals surface area contributed by atoms with E-state index in [9.17, 15) is 14.4 Å². The summed E-state index contributed by atoms with van der Waals surface area (Å²) < 4.78 is 15.5. The van der Waals surface area contributed by atoms with Crippen LogP contribution in [0.3, 0.4) is 0 Å². The van der Waals surface area contributed by atoms with Gasteiger partial charge in [0, 0.05) is 12.5 Å². The van der Waals surface area contributed by atoms with Gasteiger partial charge in [0.05, 0.1) is 11.6 Å². The summed E-state index contributed by atoms with van der Waals surface area (Å²) in [5, 5.41) is 2.77. The van der Waals surface area contributed by atoms with Gasteiger partial charge in [-0.25, -0.2) is 4.79 Å². The van der Waals surface area contributed by atoms with Crippen molar-refractivity contribution in [3.05, 3.63) is 59.2 Å². The van der Waals surface area contributed by atoms with E-state index in [1.165, 1.54) is 13.0 Å². The maximum absolute atomic E-state index is 12.2. The number of ether oxygens (including phenoxy) is 3. The van der Waals surface area contributed by atoms with Crippen molar-refractivity contribution in [1.29, 1.82) is 0 Å². The molecular weight excluding hydrogens is 350 g/mol. The van der Waals surface area contributed by atoms with Crippen LogP contribution in [0.5, 0.6) is 11.5 Å². The Labute approximate surface area is 156 Å². The number of esters is 1. The summed E-state index contributed by atoms with van der Waals surface area (Å²) in [6.07, 6.45) is 0. The summed E-state index contributed by atoms with van der Waals surface area (Å²) in [5.74, 6) is -0.0191. The summed E-state index contributed by atoms with van der Waals surface area (Å²) >= 11 is 0. The molecule has 7 nitrogen and oxygen atoms in total. The Kier molecular flexibility index (Phi) is 5.40. The number of Topliss-reactive ketones (excluding diaryl/α,β-unsaturated/α-hetero) is 1. The van der Waals surface area contributed by atoms with Gasteiger partial charge >= 0.3 is 5.97 Å². The van der Waals surface area contributed by atoms with Gasteiger partial charge in [0.25, 0.3) is 0 Å². The first kappa shape index (κ1) is 18.4. The highest BCUT2D eigenvalue weighted by Gasteiger charge is 2.18. The van der Waals surface area contributed by atoms with Crippen LogP contribution in [0, 0.1) is 0 Å². The van der Waals surface area contributed by atoms with Gasteiger partial charge in [-0.2, -0.15) is 0 Å². The van der Waals surface area contributed by atoms with Gasteiger partial charge in [0.15, 0.2) is 23.9 Å². The molecule has 1 N–H and O–H groups in total. The molecule has 0 aliphatic carbocycles. The van der Waals surface area contributed by atoms with E-state index in [0.717, 1.165) is 5.56 Å². The lowest BCUT2D eigenvalue weighted by Crippen LogP contribution is -2.23. The van der Waals surface area contributed by atoms with Crippen LogP contribution < -0.4 is 14.8 Å². The lowest BCUT2D eigenvalue weighted by atomic mass is 10.0. The monoisotopic (exact) mass is 369 g/mol. The predicted molar refractivity (Wildman–Crippen MR) is 95.9 cm³/mol. The van der Waals surface area contributed by atoms with E-state index in [4.69, 9.17) is 14.2 Å². The number of nitrogens with one attached hydrogen (secondary N) is 1. The largest absolute Gasteiger partial charge is 0.454 e. The molecule has 2 aromatic rings. The maximum atomic E-state index is 12.2. The molecule has 2 aromatic carbocycles. The van der Waals surface area contributed by atoms with Gasteiger partial charge in [0.1, 0.15) is 0 Å². The van der Waals surface area contributed by atoms with E-state index >= 15 is 0 Å². The highest BCUT2D eigenvalue weighted by molar-refractivity contribution is 5.99. The Morgan fingerprint density at radius 2 is 1.70 bits per heavy atom. The molecular formula is C20H19NO6. The van der Waals surface area contributed by atoms with E-state index in [2.05, 4.69) is 5.32 Å². The molecule has 0 radical (unpaired) electrons. The van der Waals surface area contributed by atoms with Crippen molar-refractivity contribution >= 4 is 17.7 Å². The van der Waals surface area contributed by atoms with E-state index in [1.807, 2.05) is 6.92 Å². The maximum Gasteiger partial charge on any atom is 0.338 e. The number of fused-ring (bicyclic) bond motifs is 1. The number of ketones is 1. The zero-order valence-corrected chi connectivity index (χ0v) is 15.0. The first-order valence-corrected chi connectivity index (χ1v) is 8.41. The van der Waals surface area contributed by atoms with Gasteiger partial charge in [-0.15, -0.1) is 0 Å². The lowest BCUT2D eigenvalue weighted by molar-refractivity contribution is -0.119. The molecule has 1 aliphatic heterocycles. The van der Waals surface area contributed by atoms with Crippen molar-refractivity contribution in [2.75, 3.05) is 13.4 Å². The Balaban J connectivity index is 1.57. The number of amides is 1. The Hall–Kier alpha value is -3.35. The molecule has 0 bridgehead atoms. The standard InChI is InChI=1S/C20H19NO6/c1-12(21-13(2)22)14-3-5-15(6-4-14)17(23)10-25-20(24)16-7-8-18-19(9-16)27-11-26-18/h3-9,12H,10-11H2,1-2H3,(H,21,22). The number of carbonyl (C=O) groups is 3. The zero-order chi connectivity index (χ0) is 19.4. The Morgan fingerprint density at radius 1 is 1.04 bits per heavy atom. The molecule has 0 saturated heterocycles. The zero-order valence-electron chi connectivity index (χ0n) is 15.0. The third kappa shape index (κ3) is 4.44. The smallest absolute Gasteiger partial charge is 0.338 e. The van der Waals surface area contributed by atoms with Crippen LogP contribution in [0.4, 0.5) is 0 Å². The van der Waals surface area contributed by atoms with E-state index in [1.54, 1.807) is 36.4 Å². The van der Waals surface area contributed by atoms with Crippen molar-refractivity contribution in [2.45, 2.75) is 19.9 Å². The first-order valence-electron chi connectivity index (χ1n) is 8.41. The van der Waals surface area contributed by atoms with Crippen LogP contribution in [-0.4, -0.2) is 31.1 Å². The van der Waals surface area contributed by atoms with Gasteiger partial charge in [-0.1, -0.05) is 24.3 Å². The van der Waals surface area contributed by atoms with Gasteiger partial charge in [-0.05, 0) is 30.7 Å². The van der Waals surface area contributed by atoms with Gasteiger partial charge in [-0.3, -0.25) is 9.59 Å². The predicted octanol–water partition coefficient (Wildman–Crippen LogP) is 2.65. The van der Waals surface area contributed by atoms with Crippen molar-refractivity contribution in [3.8, 4) is 11.5 Å². The minimum Gasteiger partial charge on any atom is -0.454 e. The van der Waals surface area contributed by atoms with Crippen molar-refractivity contribution in [1.82, 2.24) is 5.32 Å². The van der Waals surface area contributed by atoms with Crippen molar-refractivity contribution in [2.24, 2.45) is 0 Å². The number of benzene rings is 2. The molecule has 7 heteroatoms. The topological polar surface area (TPSA) is 90.9 Å². The highest BCUT2D eigenvalue weighted by Crippen LogP contribution is 2.32. The van der Waals surface area contributed by atoms with Crippen LogP contribution in [0.25, 0.3) is 0 Å². The molecule has 1 heterocycles. The second-order valence-electron chi connectivity index (χ2n) is 6.11. The van der Waals surface area contributed by atoms with Crippen LogP contribution in [0.2, 0.25) is 0 Å². The first-order chi connectivity index (χ1) is 12.9. The fourth-order valence-corrected chi connectivity index (χ4v) is 2.67. The second-order valence-corrected chi connectivity index (χ2v) is 6.11. The average Bonchev–Trinajstić information content (AvgIpc) is 3.13. The van der Waals surface area contributed by atoms with Crippen molar-refractivity contribution in [3.63, 3.8) is 0 Å². The molecule has 27 heavy (non-hydrogen) atoms. The Bertz CT molecular complexity index is 875. The molecule has 1 aliphatic rings. The van der Waals surface area contributed by atoms with Crippen LogP contribution >= 0.6 is 0 Å². The Morgan fingerprint density at radius 3 is 2.41 bits per heavy atom. The normalized spacial score (nSPS) is 13.0. The van der Waals surface area contributed by atoms with E-state index < -0.39 is 5.97 Å². The second kappa shape index (κ2) is 7.90. The summed E-state index contributed by atoms with van der Waals surface area (Å²) in [6.45, 7) is 3.05. The highest BCUT2D eigenvalue weighted by atomic mass is 16.7. The molecule has 0 fully saturated rings. The third-order valence-electron chi connectivity index (χ3n) is 4.10. The van der Waals surface area contributed by atoms with E-state index in [0.29, 0.717) is 17.1 Å². The summed E-state index contributed by atoms with van der Waals surface area (Å²) in [7, 11) is 0. The molecule has 1 atom stereocenters. The van der Waals surface area contributed by atoms with Gasteiger partial charge < -0.3 is 19.5 Å². The summed E-state index contributed by atoms with van der Waals surface area (Å²) in [4.78, 5) is 35.5. The van der Waals surface area contributed by atoms with E-state index in [-0.39, 0.29) is 36.7 Å². The molecule has 0 saturated carbocycles. The number of rotatable bonds is 6. The van der Waals surface area contributed by atoms with Crippen LogP contribution in [0.15, 0.2) is 42.5 Å². The van der Waals surface area contributed by atoms with Crippen molar-refractivity contribution < 1.29 is 28.6 Å². The lowest BCUT2D eigenvalue weighted by Gasteiger charge is -2.13. The fraction of sp³-hybridized carbons (Fsp3) is 0.250. The third-order valence-corrected chi connectivity index (χ3v) is 4.10. The number of hydrogen-bond acceptors (Lipinski definition) is 6. The minimum atomic E-state index is -0.613. The van der Waals surface area contributed by atoms with Gasteiger partial charge in [0.2, 0.25) is 12.7 Å². The van der Waals surface area contributed by atoms with Crippen LogP contribution in [-0.2, 0) is 9.53 Å². The molecule has 0 aromatic heterocycles. The SMILES string of the molecule is CC(=O)NC(C)c1ccc(C(=O)COC(=O)c2ccc3c(c2)OCO3)cc1. The molecule has 140 valence electrons. The van der Waals surface area contributed by atoms with Crippen LogP contribution in [0.1, 0.15) is 46.2 Å². The molecule has 1 unspecified atom stereocenters. The molecule has 0 spiro atoms. The average molecular weight is 369 g/mol. The minimum absolute atomic E-state index is 0.114. The number of carbonyl (C=O) groups excluding carboxylic acids is 3. The summed E-state index contributed by atoms with van der Waals surface area (Å²) in [6, 6.07) is 11.3. The molecule has 1 amide bonds. The quantitative estimate of drug-likeness (QED) is 0.622. The molecule has 3 rings (SSSR count). The fourth-order valence-electron chi connectivity index (χ4n) is 2.67. The summed E-state index contributed by atoms with van der Waals surface area (Å²) in [5.41, 5.74) is 1.58.